The Morgan fingerprint density at radius 2 is 2.15 bits per heavy atom. The topological polar surface area (TPSA) is 63.1 Å². The van der Waals surface area contributed by atoms with Crippen molar-refractivity contribution in [3.05, 3.63) is 47.5 Å². The standard InChI is InChI=1S/C20H29N5O/c1-14(2)25-10-8-16(23-25)11-24-12-17(20(4,5)13-24)22-19(26)18-15(3)7-6-9-21-18/h6-10,14,17H,11-13H2,1-5H3,(H,22,26). The van der Waals surface area contributed by atoms with Gasteiger partial charge in [-0.1, -0.05) is 19.9 Å². The lowest BCUT2D eigenvalue weighted by atomic mass is 9.87. The quantitative estimate of drug-likeness (QED) is 0.896. The van der Waals surface area contributed by atoms with Crippen LogP contribution in [0.25, 0.3) is 0 Å². The molecule has 0 saturated carbocycles. The second-order valence-corrected chi connectivity index (χ2v) is 8.23. The Morgan fingerprint density at radius 3 is 2.81 bits per heavy atom. The van der Waals surface area contributed by atoms with Crippen LogP contribution < -0.4 is 5.32 Å². The molecule has 1 N–H and O–H groups in total. The van der Waals surface area contributed by atoms with E-state index in [0.717, 1.165) is 30.9 Å². The van der Waals surface area contributed by atoms with Crippen molar-refractivity contribution in [2.24, 2.45) is 5.41 Å². The van der Waals surface area contributed by atoms with Crippen LogP contribution in [0.1, 0.15) is 55.5 Å². The number of pyridine rings is 1. The highest BCUT2D eigenvalue weighted by atomic mass is 16.2. The number of nitrogens with one attached hydrogen (secondary N) is 1. The molecule has 1 amide bonds. The third-order valence-electron chi connectivity index (χ3n) is 5.12. The van der Waals surface area contributed by atoms with Crippen molar-refractivity contribution in [1.82, 2.24) is 25.0 Å². The summed E-state index contributed by atoms with van der Waals surface area (Å²) < 4.78 is 1.99. The summed E-state index contributed by atoms with van der Waals surface area (Å²) in [6, 6.07) is 6.30. The minimum atomic E-state index is -0.0906. The number of carbonyl (C=O) groups is 1. The molecule has 6 nitrogen and oxygen atoms in total. The molecule has 1 atom stereocenters. The number of aromatic nitrogens is 3. The van der Waals surface area contributed by atoms with Crippen molar-refractivity contribution in [3.63, 3.8) is 0 Å². The second kappa shape index (κ2) is 7.19. The van der Waals surface area contributed by atoms with Crippen LogP contribution >= 0.6 is 0 Å². The Labute approximate surface area is 155 Å². The lowest BCUT2D eigenvalue weighted by molar-refractivity contribution is 0.0910. The molecule has 1 unspecified atom stereocenters. The van der Waals surface area contributed by atoms with Crippen LogP contribution in [-0.2, 0) is 6.54 Å². The predicted molar refractivity (Wildman–Crippen MR) is 102 cm³/mol. The van der Waals surface area contributed by atoms with E-state index >= 15 is 0 Å². The van der Waals surface area contributed by atoms with E-state index in [1.807, 2.05) is 29.9 Å². The summed E-state index contributed by atoms with van der Waals surface area (Å²) >= 11 is 0. The van der Waals surface area contributed by atoms with Crippen molar-refractivity contribution in [1.29, 1.82) is 0 Å². The van der Waals surface area contributed by atoms with E-state index in [0.29, 0.717) is 11.7 Å². The van der Waals surface area contributed by atoms with Crippen LogP contribution in [0, 0.1) is 12.3 Å². The fourth-order valence-electron chi connectivity index (χ4n) is 3.55. The minimum Gasteiger partial charge on any atom is -0.346 e. The Kier molecular flexibility index (Phi) is 5.14. The summed E-state index contributed by atoms with van der Waals surface area (Å²) in [5.41, 5.74) is 2.48. The number of carbonyl (C=O) groups excluding carboxylic acids is 1. The van der Waals surface area contributed by atoms with E-state index < -0.39 is 0 Å². The normalized spacial score (nSPS) is 19.8. The van der Waals surface area contributed by atoms with Gasteiger partial charge in [-0.15, -0.1) is 0 Å². The summed E-state index contributed by atoms with van der Waals surface area (Å²) in [4.78, 5) is 19.2. The largest absolute Gasteiger partial charge is 0.346 e. The van der Waals surface area contributed by atoms with Gasteiger partial charge in [0.25, 0.3) is 5.91 Å². The monoisotopic (exact) mass is 355 g/mol. The SMILES string of the molecule is Cc1cccnc1C(=O)NC1CN(Cc2ccn(C(C)C)n2)CC1(C)C. The van der Waals surface area contributed by atoms with E-state index in [4.69, 9.17) is 0 Å². The average Bonchev–Trinajstić information content (AvgIpc) is 3.12. The van der Waals surface area contributed by atoms with Gasteiger partial charge in [0.15, 0.2) is 0 Å². The van der Waals surface area contributed by atoms with Crippen LogP contribution in [0.3, 0.4) is 0 Å². The van der Waals surface area contributed by atoms with Crippen LogP contribution in [0.5, 0.6) is 0 Å². The summed E-state index contributed by atoms with van der Waals surface area (Å²) in [5, 5.41) is 7.84. The Morgan fingerprint density at radius 1 is 1.38 bits per heavy atom. The van der Waals surface area contributed by atoms with Crippen molar-refractivity contribution >= 4 is 5.91 Å². The van der Waals surface area contributed by atoms with Crippen LogP contribution in [0.4, 0.5) is 0 Å². The maximum absolute atomic E-state index is 12.6. The highest BCUT2D eigenvalue weighted by Gasteiger charge is 2.40. The highest BCUT2D eigenvalue weighted by molar-refractivity contribution is 5.93. The molecule has 2 aromatic rings. The van der Waals surface area contributed by atoms with Crippen molar-refractivity contribution in [2.75, 3.05) is 13.1 Å². The molecule has 6 heteroatoms. The lowest BCUT2D eigenvalue weighted by Crippen LogP contribution is -2.44. The van der Waals surface area contributed by atoms with E-state index in [9.17, 15) is 4.79 Å². The molecule has 1 aliphatic rings. The van der Waals surface area contributed by atoms with Gasteiger partial charge in [0, 0.05) is 44.1 Å². The third kappa shape index (κ3) is 3.96. The van der Waals surface area contributed by atoms with Gasteiger partial charge in [0.2, 0.25) is 0 Å². The number of rotatable bonds is 5. The molecule has 0 aliphatic carbocycles. The molecular formula is C20H29N5O. The fourth-order valence-corrected chi connectivity index (χ4v) is 3.55. The van der Waals surface area contributed by atoms with Gasteiger partial charge < -0.3 is 5.32 Å². The molecule has 0 radical (unpaired) electrons. The summed E-state index contributed by atoms with van der Waals surface area (Å²) in [6.45, 7) is 13.1. The molecule has 3 rings (SSSR count). The van der Waals surface area contributed by atoms with Crippen LogP contribution in [-0.4, -0.2) is 44.7 Å². The average molecular weight is 355 g/mol. The molecular weight excluding hydrogens is 326 g/mol. The van der Waals surface area contributed by atoms with Crippen molar-refractivity contribution < 1.29 is 4.79 Å². The number of hydrogen-bond donors (Lipinski definition) is 1. The Hall–Kier alpha value is -2.21. The molecule has 0 spiro atoms. The number of likely N-dealkylation sites (tertiary alicyclic amines) is 1. The molecule has 1 saturated heterocycles. The second-order valence-electron chi connectivity index (χ2n) is 8.23. The van der Waals surface area contributed by atoms with E-state index in [1.165, 1.54) is 0 Å². The lowest BCUT2D eigenvalue weighted by Gasteiger charge is -2.26. The zero-order valence-corrected chi connectivity index (χ0v) is 16.4. The van der Waals surface area contributed by atoms with Gasteiger partial charge in [0.1, 0.15) is 5.69 Å². The number of amides is 1. The molecule has 3 heterocycles. The van der Waals surface area contributed by atoms with Gasteiger partial charge in [-0.3, -0.25) is 19.4 Å². The molecule has 140 valence electrons. The van der Waals surface area contributed by atoms with E-state index in [1.54, 1.807) is 6.20 Å². The first-order valence-electron chi connectivity index (χ1n) is 9.25. The third-order valence-corrected chi connectivity index (χ3v) is 5.12. The molecule has 0 bridgehead atoms. The maximum Gasteiger partial charge on any atom is 0.270 e. The molecule has 26 heavy (non-hydrogen) atoms. The van der Waals surface area contributed by atoms with Crippen LogP contribution in [0.15, 0.2) is 30.6 Å². The first kappa shape index (κ1) is 18.6. The summed E-state index contributed by atoms with van der Waals surface area (Å²) in [7, 11) is 0. The van der Waals surface area contributed by atoms with Crippen LogP contribution in [0.2, 0.25) is 0 Å². The van der Waals surface area contributed by atoms with Gasteiger partial charge in [-0.2, -0.15) is 5.10 Å². The fraction of sp³-hybridized carbons (Fsp3) is 0.550. The highest BCUT2D eigenvalue weighted by Crippen LogP contribution is 2.30. The maximum atomic E-state index is 12.6. The van der Waals surface area contributed by atoms with Gasteiger partial charge >= 0.3 is 0 Å². The summed E-state index contributed by atoms with van der Waals surface area (Å²) in [6.07, 6.45) is 3.70. The number of hydrogen-bond acceptors (Lipinski definition) is 4. The van der Waals surface area contributed by atoms with Crippen molar-refractivity contribution in [2.45, 2.75) is 53.2 Å². The Balaban J connectivity index is 1.65. The Bertz CT molecular complexity index is 780. The number of nitrogens with zero attached hydrogens (tertiary/aromatic N) is 4. The van der Waals surface area contributed by atoms with E-state index in [2.05, 4.69) is 54.1 Å². The number of aryl methyl sites for hydroxylation is 1. The molecule has 0 aromatic carbocycles. The first-order valence-corrected chi connectivity index (χ1v) is 9.25. The molecule has 2 aromatic heterocycles. The van der Waals surface area contributed by atoms with Gasteiger partial charge in [-0.05, 0) is 43.9 Å². The smallest absolute Gasteiger partial charge is 0.270 e. The van der Waals surface area contributed by atoms with E-state index in [-0.39, 0.29) is 17.4 Å². The van der Waals surface area contributed by atoms with Gasteiger partial charge in [0.05, 0.1) is 5.69 Å². The summed E-state index contributed by atoms with van der Waals surface area (Å²) in [5.74, 6) is -0.0906. The zero-order chi connectivity index (χ0) is 18.9. The zero-order valence-electron chi connectivity index (χ0n) is 16.4. The minimum absolute atomic E-state index is 0.00103. The molecule has 1 aliphatic heterocycles. The van der Waals surface area contributed by atoms with Crippen molar-refractivity contribution in [3.8, 4) is 0 Å². The predicted octanol–water partition coefficient (Wildman–Crippen LogP) is 2.81. The first-order chi connectivity index (χ1) is 12.3. The molecule has 1 fully saturated rings. The van der Waals surface area contributed by atoms with Gasteiger partial charge in [-0.25, -0.2) is 0 Å².